The van der Waals surface area contributed by atoms with Crippen molar-refractivity contribution in [3.63, 3.8) is 0 Å². The zero-order valence-corrected chi connectivity index (χ0v) is 21.1. The molecular formula is C27H20BrFN2O6. The molecule has 37 heavy (non-hydrogen) atoms. The maximum atomic E-state index is 13.4. The molecule has 3 aromatic rings. The van der Waals surface area contributed by atoms with Gasteiger partial charge in [0.2, 0.25) is 0 Å². The lowest BCUT2D eigenvalue weighted by atomic mass is 10.1. The average molecular weight is 567 g/mol. The molecule has 1 fully saturated rings. The van der Waals surface area contributed by atoms with Crippen LogP contribution in [0, 0.1) is 5.82 Å². The highest BCUT2D eigenvalue weighted by molar-refractivity contribution is 9.10. The summed E-state index contributed by atoms with van der Waals surface area (Å²) < 4.78 is 24.6. The van der Waals surface area contributed by atoms with Gasteiger partial charge in [-0.05, 0) is 88.6 Å². The zero-order chi connectivity index (χ0) is 26.5. The van der Waals surface area contributed by atoms with Crippen LogP contribution in [0.15, 0.2) is 76.8 Å². The molecule has 1 aliphatic heterocycles. The summed E-state index contributed by atoms with van der Waals surface area (Å²) in [5.74, 6) is -2.07. The molecule has 4 amide bonds. The zero-order valence-electron chi connectivity index (χ0n) is 19.5. The van der Waals surface area contributed by atoms with Gasteiger partial charge < -0.3 is 9.47 Å². The number of halogens is 2. The van der Waals surface area contributed by atoms with Crippen LogP contribution in [-0.4, -0.2) is 30.4 Å². The van der Waals surface area contributed by atoms with Crippen LogP contribution in [0.4, 0.5) is 14.9 Å². The van der Waals surface area contributed by atoms with E-state index in [1.165, 1.54) is 42.5 Å². The number of anilines is 1. The monoisotopic (exact) mass is 566 g/mol. The minimum Gasteiger partial charge on any atom is -0.488 e. The Morgan fingerprint density at radius 2 is 1.81 bits per heavy atom. The van der Waals surface area contributed by atoms with Crippen LogP contribution in [0.3, 0.4) is 0 Å². The van der Waals surface area contributed by atoms with E-state index in [-0.39, 0.29) is 35.9 Å². The third-order valence-electron chi connectivity index (χ3n) is 5.29. The summed E-state index contributed by atoms with van der Waals surface area (Å²) in [7, 11) is 0. The number of rotatable bonds is 7. The molecule has 1 saturated heterocycles. The van der Waals surface area contributed by atoms with Gasteiger partial charge in [0.1, 0.15) is 23.7 Å². The fourth-order valence-electron chi connectivity index (χ4n) is 3.53. The lowest BCUT2D eigenvalue weighted by molar-refractivity contribution is -0.122. The van der Waals surface area contributed by atoms with Crippen LogP contribution >= 0.6 is 15.9 Å². The molecule has 0 aliphatic carbocycles. The van der Waals surface area contributed by atoms with Crippen molar-refractivity contribution in [3.8, 4) is 5.75 Å². The topological polar surface area (TPSA) is 102 Å². The van der Waals surface area contributed by atoms with Crippen molar-refractivity contribution in [1.29, 1.82) is 0 Å². The van der Waals surface area contributed by atoms with E-state index in [1.54, 1.807) is 37.3 Å². The number of carbonyl (C=O) groups is 4. The molecule has 8 nitrogen and oxygen atoms in total. The van der Waals surface area contributed by atoms with Gasteiger partial charge in [-0.15, -0.1) is 0 Å². The predicted octanol–water partition coefficient (Wildman–Crippen LogP) is 5.01. The Hall–Kier alpha value is -4.31. The minimum atomic E-state index is -0.904. The normalized spacial score (nSPS) is 14.5. The van der Waals surface area contributed by atoms with Crippen LogP contribution in [0.25, 0.3) is 6.08 Å². The molecule has 0 spiro atoms. The van der Waals surface area contributed by atoms with Gasteiger partial charge in [0.05, 0.1) is 22.3 Å². The molecule has 0 bridgehead atoms. The van der Waals surface area contributed by atoms with E-state index < -0.39 is 23.8 Å². The number of nitrogens with zero attached hydrogens (tertiary/aromatic N) is 1. The van der Waals surface area contributed by atoms with Crippen molar-refractivity contribution < 1.29 is 33.0 Å². The van der Waals surface area contributed by atoms with E-state index in [2.05, 4.69) is 21.2 Å². The molecular weight excluding hydrogens is 547 g/mol. The third-order valence-corrected chi connectivity index (χ3v) is 5.91. The Morgan fingerprint density at radius 3 is 2.49 bits per heavy atom. The van der Waals surface area contributed by atoms with Gasteiger partial charge >= 0.3 is 12.0 Å². The van der Waals surface area contributed by atoms with E-state index >= 15 is 0 Å². The van der Waals surface area contributed by atoms with Gasteiger partial charge in [-0.2, -0.15) is 0 Å². The Kier molecular flexibility index (Phi) is 7.78. The molecule has 1 heterocycles. The number of barbiturate groups is 1. The van der Waals surface area contributed by atoms with Crippen molar-refractivity contribution in [2.24, 2.45) is 0 Å². The highest BCUT2D eigenvalue weighted by atomic mass is 79.9. The smallest absolute Gasteiger partial charge is 0.338 e. The van der Waals surface area contributed by atoms with Gasteiger partial charge in [-0.1, -0.05) is 18.2 Å². The number of carbonyl (C=O) groups excluding carboxylic acids is 4. The van der Waals surface area contributed by atoms with Crippen LogP contribution in [-0.2, 0) is 20.9 Å². The lowest BCUT2D eigenvalue weighted by Gasteiger charge is -2.26. The number of amides is 4. The lowest BCUT2D eigenvalue weighted by Crippen LogP contribution is -2.54. The number of imide groups is 2. The summed E-state index contributed by atoms with van der Waals surface area (Å²) in [5, 5.41) is 2.16. The minimum absolute atomic E-state index is 0.143. The third kappa shape index (κ3) is 5.92. The van der Waals surface area contributed by atoms with Crippen LogP contribution in [0.2, 0.25) is 0 Å². The molecule has 4 rings (SSSR count). The fourth-order valence-corrected chi connectivity index (χ4v) is 4.04. The second kappa shape index (κ2) is 11.2. The van der Waals surface area contributed by atoms with Gasteiger partial charge in [-0.3, -0.25) is 14.9 Å². The number of ether oxygens (including phenoxy) is 2. The van der Waals surface area contributed by atoms with Gasteiger partial charge in [0.15, 0.2) is 0 Å². The summed E-state index contributed by atoms with van der Waals surface area (Å²) >= 11 is 3.40. The standard InChI is InChI=1S/C27H20BrFN2O6/c1-2-36-26(34)18-7-9-20(10-8-18)31-25(33)21(24(32)30-27(31)35)13-16-6-11-23(22(28)14-16)37-15-17-4-3-5-19(29)12-17/h3-14H,2,15H2,1H3,(H,30,32,35)/b21-13+. The Bertz CT molecular complexity index is 1420. The van der Waals surface area contributed by atoms with Gasteiger partial charge in [-0.25, -0.2) is 18.9 Å². The Balaban J connectivity index is 1.54. The molecule has 0 radical (unpaired) electrons. The summed E-state index contributed by atoms with van der Waals surface area (Å²) in [4.78, 5) is 50.7. The summed E-state index contributed by atoms with van der Waals surface area (Å²) in [6, 6.07) is 15.7. The first-order valence-electron chi connectivity index (χ1n) is 11.1. The van der Waals surface area contributed by atoms with E-state index in [0.29, 0.717) is 21.3 Å². The van der Waals surface area contributed by atoms with E-state index in [4.69, 9.17) is 9.47 Å². The predicted molar refractivity (Wildman–Crippen MR) is 136 cm³/mol. The van der Waals surface area contributed by atoms with Crippen molar-refractivity contribution in [2.45, 2.75) is 13.5 Å². The SMILES string of the molecule is CCOC(=O)c1ccc(N2C(=O)NC(=O)/C(=C\c3ccc(OCc4cccc(F)c4)c(Br)c3)C2=O)cc1. The number of esters is 1. The van der Waals surface area contributed by atoms with E-state index in [9.17, 15) is 23.6 Å². The number of hydrogen-bond acceptors (Lipinski definition) is 6. The fraction of sp³-hybridized carbons (Fsp3) is 0.111. The highest BCUT2D eigenvalue weighted by Gasteiger charge is 2.36. The number of hydrogen-bond donors (Lipinski definition) is 1. The molecule has 3 aromatic carbocycles. The van der Waals surface area contributed by atoms with E-state index in [1.807, 2.05) is 0 Å². The first-order valence-corrected chi connectivity index (χ1v) is 11.9. The van der Waals surface area contributed by atoms with Gasteiger partial charge in [0.25, 0.3) is 11.8 Å². The van der Waals surface area contributed by atoms with Crippen LogP contribution < -0.4 is 15.0 Å². The van der Waals surface area contributed by atoms with Gasteiger partial charge in [0, 0.05) is 0 Å². The summed E-state index contributed by atoms with van der Waals surface area (Å²) in [6.45, 7) is 2.03. The quantitative estimate of drug-likeness (QED) is 0.245. The van der Waals surface area contributed by atoms with Crippen molar-refractivity contribution in [2.75, 3.05) is 11.5 Å². The molecule has 1 aliphatic rings. The molecule has 0 saturated carbocycles. The van der Waals surface area contributed by atoms with E-state index in [0.717, 1.165) is 4.90 Å². The molecule has 188 valence electrons. The number of benzene rings is 3. The largest absolute Gasteiger partial charge is 0.488 e. The molecule has 0 unspecified atom stereocenters. The van der Waals surface area contributed by atoms with Crippen molar-refractivity contribution >= 4 is 51.5 Å². The molecule has 10 heteroatoms. The first kappa shape index (κ1) is 25.8. The van der Waals surface area contributed by atoms with Crippen molar-refractivity contribution in [1.82, 2.24) is 5.32 Å². The number of nitrogens with one attached hydrogen (secondary N) is 1. The van der Waals surface area contributed by atoms with Crippen molar-refractivity contribution in [3.05, 3.63) is 99.3 Å². The summed E-state index contributed by atoms with van der Waals surface area (Å²) in [6.07, 6.45) is 1.35. The first-order chi connectivity index (χ1) is 17.8. The maximum Gasteiger partial charge on any atom is 0.338 e. The molecule has 1 N–H and O–H groups in total. The van der Waals surface area contributed by atoms with Crippen LogP contribution in [0.1, 0.15) is 28.4 Å². The number of urea groups is 1. The highest BCUT2D eigenvalue weighted by Crippen LogP contribution is 2.29. The summed E-state index contributed by atoms with van der Waals surface area (Å²) in [5.41, 5.74) is 1.33. The second-order valence-electron chi connectivity index (χ2n) is 7.83. The maximum absolute atomic E-state index is 13.4. The average Bonchev–Trinajstić information content (AvgIpc) is 2.86. The Morgan fingerprint density at radius 1 is 1.05 bits per heavy atom. The second-order valence-corrected chi connectivity index (χ2v) is 8.69. The molecule has 0 aromatic heterocycles. The Labute approximate surface area is 219 Å². The van der Waals surface area contributed by atoms with Crippen LogP contribution in [0.5, 0.6) is 5.75 Å². The molecule has 0 atom stereocenters.